The van der Waals surface area contributed by atoms with Crippen LogP contribution >= 0.6 is 11.3 Å². The molecule has 0 aliphatic carbocycles. The zero-order valence-corrected chi connectivity index (χ0v) is 9.21. The molecule has 2 rings (SSSR count). The normalized spacial score (nSPS) is 10.7. The summed E-state index contributed by atoms with van der Waals surface area (Å²) in [6.07, 6.45) is 2.91. The molecule has 0 saturated heterocycles. The van der Waals surface area contributed by atoms with E-state index in [0.717, 1.165) is 18.8 Å². The second-order valence-electron chi connectivity index (χ2n) is 3.26. The summed E-state index contributed by atoms with van der Waals surface area (Å²) in [6, 6.07) is 4.22. The molecule has 0 atom stereocenters. The van der Waals surface area contributed by atoms with Crippen LogP contribution in [-0.4, -0.2) is 14.8 Å². The lowest BCUT2D eigenvalue weighted by Gasteiger charge is -2.01. The molecule has 4 heteroatoms. The van der Waals surface area contributed by atoms with Gasteiger partial charge in [-0.2, -0.15) is 0 Å². The summed E-state index contributed by atoms with van der Waals surface area (Å²) in [5, 5.41) is 8.09. The third-order valence-corrected chi connectivity index (χ3v) is 3.04. The summed E-state index contributed by atoms with van der Waals surface area (Å²) in [4.78, 5) is 2.51. The lowest BCUT2D eigenvalue weighted by atomic mass is 10.4. The number of rotatable bonds is 3. The predicted molar refractivity (Wildman–Crippen MR) is 58.4 cm³/mol. The highest BCUT2D eigenvalue weighted by Gasteiger charge is 2.07. The Labute approximate surface area is 87.4 Å². The van der Waals surface area contributed by atoms with Crippen LogP contribution in [0.25, 0.3) is 10.7 Å². The predicted octanol–water partition coefficient (Wildman–Crippen LogP) is 2.73. The van der Waals surface area contributed by atoms with Crippen molar-refractivity contribution in [3.8, 4) is 10.7 Å². The molecule has 0 N–H and O–H groups in total. The molecule has 0 spiro atoms. The summed E-state index contributed by atoms with van der Waals surface area (Å²) >= 11 is 1.76. The number of thiophene rings is 1. The summed E-state index contributed by atoms with van der Waals surface area (Å²) in [6.45, 7) is 5.25. The molecule has 0 fully saturated rings. The zero-order chi connectivity index (χ0) is 9.97. The minimum Gasteiger partial charge on any atom is -0.313 e. The van der Waals surface area contributed by atoms with Crippen molar-refractivity contribution in [2.75, 3.05) is 0 Å². The monoisotopic (exact) mass is 207 g/mol. The van der Waals surface area contributed by atoms with E-state index in [1.807, 2.05) is 0 Å². The van der Waals surface area contributed by atoms with E-state index in [4.69, 9.17) is 0 Å². The van der Waals surface area contributed by atoms with Crippen LogP contribution in [0.3, 0.4) is 0 Å². The maximum atomic E-state index is 4.14. The number of hydrogen-bond acceptors (Lipinski definition) is 3. The van der Waals surface area contributed by atoms with Crippen molar-refractivity contribution in [1.29, 1.82) is 0 Å². The van der Waals surface area contributed by atoms with E-state index in [1.165, 1.54) is 9.75 Å². The third-order valence-electron chi connectivity index (χ3n) is 2.04. The molecule has 2 heterocycles. The Kier molecular flexibility index (Phi) is 2.63. The SMILES string of the molecule is CCCn1cnnc1-c1ccc(C)s1. The fourth-order valence-corrected chi connectivity index (χ4v) is 2.27. The molecule has 0 bridgehead atoms. The van der Waals surface area contributed by atoms with Gasteiger partial charge in [0.2, 0.25) is 0 Å². The van der Waals surface area contributed by atoms with Crippen LogP contribution in [0.15, 0.2) is 18.5 Å². The van der Waals surface area contributed by atoms with Gasteiger partial charge in [-0.15, -0.1) is 21.5 Å². The van der Waals surface area contributed by atoms with Gasteiger partial charge in [0.05, 0.1) is 4.88 Å². The average Bonchev–Trinajstić information content (AvgIpc) is 2.74. The van der Waals surface area contributed by atoms with Gasteiger partial charge in [0.25, 0.3) is 0 Å². The molecule has 0 aliphatic rings. The van der Waals surface area contributed by atoms with Gasteiger partial charge in [0.1, 0.15) is 6.33 Å². The van der Waals surface area contributed by atoms with Crippen molar-refractivity contribution in [3.63, 3.8) is 0 Å². The number of aryl methyl sites for hydroxylation is 2. The van der Waals surface area contributed by atoms with Crippen LogP contribution in [0.2, 0.25) is 0 Å². The Balaban J connectivity index is 2.36. The number of aromatic nitrogens is 3. The molecule has 74 valence electrons. The second kappa shape index (κ2) is 3.92. The highest BCUT2D eigenvalue weighted by Crippen LogP contribution is 2.25. The van der Waals surface area contributed by atoms with Gasteiger partial charge >= 0.3 is 0 Å². The molecular weight excluding hydrogens is 194 g/mol. The number of hydrogen-bond donors (Lipinski definition) is 0. The standard InChI is InChI=1S/C10H13N3S/c1-3-6-13-7-11-12-10(13)9-5-4-8(2)14-9/h4-5,7H,3,6H2,1-2H3. The molecule has 3 nitrogen and oxygen atoms in total. The van der Waals surface area contributed by atoms with Crippen molar-refractivity contribution in [2.24, 2.45) is 0 Å². The van der Waals surface area contributed by atoms with Crippen molar-refractivity contribution >= 4 is 11.3 Å². The summed E-state index contributed by atoms with van der Waals surface area (Å²) < 4.78 is 2.10. The third kappa shape index (κ3) is 1.70. The van der Waals surface area contributed by atoms with Crippen LogP contribution in [0.1, 0.15) is 18.2 Å². The maximum Gasteiger partial charge on any atom is 0.173 e. The van der Waals surface area contributed by atoms with Crippen LogP contribution in [0.5, 0.6) is 0 Å². The molecule has 0 saturated carbocycles. The summed E-state index contributed by atoms with van der Waals surface area (Å²) in [5.74, 6) is 0.991. The minimum absolute atomic E-state index is 0.985. The van der Waals surface area contributed by atoms with Gasteiger partial charge in [-0.1, -0.05) is 6.92 Å². The van der Waals surface area contributed by atoms with Crippen LogP contribution < -0.4 is 0 Å². The molecule has 0 amide bonds. The largest absolute Gasteiger partial charge is 0.313 e. The van der Waals surface area contributed by atoms with Gasteiger partial charge < -0.3 is 4.57 Å². The first-order valence-corrected chi connectivity index (χ1v) is 5.57. The van der Waals surface area contributed by atoms with Gasteiger partial charge in [-0.05, 0) is 25.5 Å². The van der Waals surface area contributed by atoms with Crippen molar-refractivity contribution in [3.05, 3.63) is 23.3 Å². The van der Waals surface area contributed by atoms with E-state index in [1.54, 1.807) is 17.7 Å². The lowest BCUT2D eigenvalue weighted by Crippen LogP contribution is -1.96. The smallest absolute Gasteiger partial charge is 0.173 e. The van der Waals surface area contributed by atoms with E-state index in [0.29, 0.717) is 0 Å². The highest BCUT2D eigenvalue weighted by atomic mass is 32.1. The van der Waals surface area contributed by atoms with Crippen molar-refractivity contribution < 1.29 is 0 Å². The van der Waals surface area contributed by atoms with E-state index in [9.17, 15) is 0 Å². The molecule has 0 aliphatic heterocycles. The summed E-state index contributed by atoms with van der Waals surface area (Å²) in [7, 11) is 0. The van der Waals surface area contributed by atoms with Gasteiger partial charge in [-0.3, -0.25) is 0 Å². The topological polar surface area (TPSA) is 30.7 Å². The first-order chi connectivity index (χ1) is 6.81. The highest BCUT2D eigenvalue weighted by molar-refractivity contribution is 7.15. The van der Waals surface area contributed by atoms with E-state index >= 15 is 0 Å². The maximum absolute atomic E-state index is 4.14. The van der Waals surface area contributed by atoms with E-state index in [-0.39, 0.29) is 0 Å². The fraction of sp³-hybridized carbons (Fsp3) is 0.400. The first-order valence-electron chi connectivity index (χ1n) is 4.76. The second-order valence-corrected chi connectivity index (χ2v) is 4.55. The van der Waals surface area contributed by atoms with Gasteiger partial charge in [0, 0.05) is 11.4 Å². The minimum atomic E-state index is 0.985. The van der Waals surface area contributed by atoms with Crippen molar-refractivity contribution in [2.45, 2.75) is 26.8 Å². The van der Waals surface area contributed by atoms with E-state index < -0.39 is 0 Å². The van der Waals surface area contributed by atoms with Gasteiger partial charge in [0.15, 0.2) is 5.82 Å². The molecule has 14 heavy (non-hydrogen) atoms. The van der Waals surface area contributed by atoms with Crippen LogP contribution in [-0.2, 0) is 6.54 Å². The Hall–Kier alpha value is -1.16. The quantitative estimate of drug-likeness (QED) is 0.774. The molecule has 2 aromatic heterocycles. The average molecular weight is 207 g/mol. The van der Waals surface area contributed by atoms with Crippen molar-refractivity contribution in [1.82, 2.24) is 14.8 Å². The van der Waals surface area contributed by atoms with Crippen LogP contribution in [0.4, 0.5) is 0 Å². The molecular formula is C10H13N3S. The van der Waals surface area contributed by atoms with E-state index in [2.05, 4.69) is 40.7 Å². The fourth-order valence-electron chi connectivity index (χ4n) is 1.41. The Morgan fingerprint density at radius 2 is 2.29 bits per heavy atom. The Bertz CT molecular complexity index is 416. The number of nitrogens with zero attached hydrogens (tertiary/aromatic N) is 3. The zero-order valence-electron chi connectivity index (χ0n) is 8.40. The first kappa shape index (κ1) is 9.40. The molecule has 0 radical (unpaired) electrons. The lowest BCUT2D eigenvalue weighted by molar-refractivity contribution is 0.683. The van der Waals surface area contributed by atoms with Gasteiger partial charge in [-0.25, -0.2) is 0 Å². The molecule has 0 aromatic carbocycles. The molecule has 2 aromatic rings. The van der Waals surface area contributed by atoms with Crippen LogP contribution in [0, 0.1) is 6.92 Å². The summed E-state index contributed by atoms with van der Waals surface area (Å²) in [5.41, 5.74) is 0. The Morgan fingerprint density at radius 1 is 1.43 bits per heavy atom. The molecule has 0 unspecified atom stereocenters. The Morgan fingerprint density at radius 3 is 2.93 bits per heavy atom.